The summed E-state index contributed by atoms with van der Waals surface area (Å²) in [6, 6.07) is 6.42. The van der Waals surface area contributed by atoms with Gasteiger partial charge in [0.15, 0.2) is 0 Å². The van der Waals surface area contributed by atoms with Crippen LogP contribution < -0.4 is 15.4 Å². The molecule has 1 unspecified atom stereocenters. The second-order valence-corrected chi connectivity index (χ2v) is 6.17. The zero-order valence-corrected chi connectivity index (χ0v) is 14.5. The van der Waals surface area contributed by atoms with E-state index < -0.39 is 12.0 Å². The Morgan fingerprint density at radius 1 is 1.20 bits per heavy atom. The Bertz CT molecular complexity index is 678. The quantitative estimate of drug-likeness (QED) is 0.792. The van der Waals surface area contributed by atoms with E-state index in [0.717, 1.165) is 31.5 Å². The third kappa shape index (κ3) is 3.76. The van der Waals surface area contributed by atoms with Crippen molar-refractivity contribution in [1.29, 1.82) is 0 Å². The maximum absolute atomic E-state index is 12.4. The van der Waals surface area contributed by atoms with Gasteiger partial charge < -0.3 is 20.1 Å². The summed E-state index contributed by atoms with van der Waals surface area (Å²) in [5.41, 5.74) is 1.85. The number of nitrogens with zero attached hydrogens (tertiary/aromatic N) is 1. The van der Waals surface area contributed by atoms with Gasteiger partial charge in [0.25, 0.3) is 0 Å². The molecule has 1 aromatic carbocycles. The van der Waals surface area contributed by atoms with Gasteiger partial charge in [0.05, 0.1) is 25.8 Å². The second kappa shape index (κ2) is 7.57. The predicted molar refractivity (Wildman–Crippen MR) is 92.1 cm³/mol. The van der Waals surface area contributed by atoms with Crippen molar-refractivity contribution in [3.63, 3.8) is 0 Å². The maximum atomic E-state index is 12.4. The summed E-state index contributed by atoms with van der Waals surface area (Å²) in [6.45, 7) is 2.47. The molecule has 0 bridgehead atoms. The molecule has 134 valence electrons. The number of hydrogen-bond acceptors (Lipinski definition) is 5. The molecule has 2 amide bonds. The van der Waals surface area contributed by atoms with Crippen molar-refractivity contribution in [2.24, 2.45) is 0 Å². The molecule has 2 aliphatic heterocycles. The number of likely N-dealkylation sites (tertiary alicyclic amines) is 1. The highest BCUT2D eigenvalue weighted by molar-refractivity contribution is 5.95. The first-order valence-corrected chi connectivity index (χ1v) is 8.37. The van der Waals surface area contributed by atoms with Gasteiger partial charge in [-0.05, 0) is 43.6 Å². The van der Waals surface area contributed by atoms with Crippen molar-refractivity contribution in [2.45, 2.75) is 18.9 Å². The first-order valence-electron chi connectivity index (χ1n) is 8.37. The SMILES string of the molecule is COC(=O)C1=C(CN2CCCC2)NC(=O)NC1c1ccc(OC)cc1. The molecule has 2 N–H and O–H groups in total. The van der Waals surface area contributed by atoms with Crippen LogP contribution in [0.25, 0.3) is 0 Å². The van der Waals surface area contributed by atoms with E-state index in [9.17, 15) is 9.59 Å². The lowest BCUT2D eigenvalue weighted by atomic mass is 9.95. The number of ether oxygens (including phenoxy) is 2. The largest absolute Gasteiger partial charge is 0.497 e. The van der Waals surface area contributed by atoms with E-state index in [-0.39, 0.29) is 6.03 Å². The van der Waals surface area contributed by atoms with Gasteiger partial charge in [-0.1, -0.05) is 12.1 Å². The maximum Gasteiger partial charge on any atom is 0.338 e. The fraction of sp³-hybridized carbons (Fsp3) is 0.444. The molecule has 0 spiro atoms. The van der Waals surface area contributed by atoms with E-state index >= 15 is 0 Å². The number of hydrogen-bond donors (Lipinski definition) is 2. The summed E-state index contributed by atoms with van der Waals surface area (Å²) in [6.07, 6.45) is 2.27. The molecule has 1 fully saturated rings. The Morgan fingerprint density at radius 2 is 1.88 bits per heavy atom. The summed E-state index contributed by atoms with van der Waals surface area (Å²) < 4.78 is 10.2. The normalized spacial score (nSPS) is 20.9. The smallest absolute Gasteiger partial charge is 0.338 e. The molecule has 1 saturated heterocycles. The summed E-state index contributed by atoms with van der Waals surface area (Å²) in [4.78, 5) is 26.8. The Balaban J connectivity index is 1.97. The zero-order valence-electron chi connectivity index (χ0n) is 14.5. The molecule has 0 aromatic heterocycles. The first kappa shape index (κ1) is 17.3. The highest BCUT2D eigenvalue weighted by Gasteiger charge is 2.34. The minimum absolute atomic E-state index is 0.317. The minimum atomic E-state index is -0.551. The number of nitrogens with one attached hydrogen (secondary N) is 2. The fourth-order valence-electron chi connectivity index (χ4n) is 3.30. The van der Waals surface area contributed by atoms with Crippen LogP contribution in [0.4, 0.5) is 4.79 Å². The molecule has 0 radical (unpaired) electrons. The van der Waals surface area contributed by atoms with Crippen molar-refractivity contribution >= 4 is 12.0 Å². The lowest BCUT2D eigenvalue weighted by molar-refractivity contribution is -0.136. The molecule has 7 heteroatoms. The van der Waals surface area contributed by atoms with Gasteiger partial charge in [-0.3, -0.25) is 4.90 Å². The van der Waals surface area contributed by atoms with E-state index in [1.165, 1.54) is 7.11 Å². The lowest BCUT2D eigenvalue weighted by Crippen LogP contribution is -2.48. The number of rotatable bonds is 5. The van der Waals surface area contributed by atoms with Crippen LogP contribution >= 0.6 is 0 Å². The van der Waals surface area contributed by atoms with Crippen LogP contribution in [0.15, 0.2) is 35.5 Å². The van der Waals surface area contributed by atoms with Crippen molar-refractivity contribution in [3.05, 3.63) is 41.1 Å². The van der Waals surface area contributed by atoms with Gasteiger partial charge in [-0.2, -0.15) is 0 Å². The third-order valence-corrected chi connectivity index (χ3v) is 4.59. The number of benzene rings is 1. The van der Waals surface area contributed by atoms with E-state index in [4.69, 9.17) is 9.47 Å². The van der Waals surface area contributed by atoms with Crippen LogP contribution in [0.1, 0.15) is 24.4 Å². The van der Waals surface area contributed by atoms with Gasteiger partial charge in [0.2, 0.25) is 0 Å². The molecule has 0 saturated carbocycles. The minimum Gasteiger partial charge on any atom is -0.497 e. The Hall–Kier alpha value is -2.54. The van der Waals surface area contributed by atoms with E-state index in [2.05, 4.69) is 15.5 Å². The topological polar surface area (TPSA) is 79.9 Å². The molecular formula is C18H23N3O4. The van der Waals surface area contributed by atoms with Gasteiger partial charge in [-0.15, -0.1) is 0 Å². The Kier molecular flexibility index (Phi) is 5.23. The highest BCUT2D eigenvalue weighted by Crippen LogP contribution is 2.29. The molecule has 7 nitrogen and oxygen atoms in total. The second-order valence-electron chi connectivity index (χ2n) is 6.17. The van der Waals surface area contributed by atoms with Crippen LogP contribution in [0.5, 0.6) is 5.75 Å². The summed E-state index contributed by atoms with van der Waals surface area (Å²) in [5.74, 6) is 0.271. The summed E-state index contributed by atoms with van der Waals surface area (Å²) >= 11 is 0. The van der Waals surface area contributed by atoms with Crippen LogP contribution in [0.2, 0.25) is 0 Å². The molecule has 1 aromatic rings. The van der Waals surface area contributed by atoms with Crippen LogP contribution in [0, 0.1) is 0 Å². The number of carbonyl (C=O) groups is 2. The standard InChI is InChI=1S/C18H23N3O4/c1-24-13-7-5-12(6-8-13)16-15(17(22)25-2)14(19-18(23)20-16)11-21-9-3-4-10-21/h5-8,16H,3-4,9-11H2,1-2H3,(H2,19,20,23). The number of urea groups is 1. The average Bonchev–Trinajstić information content (AvgIpc) is 3.13. The monoisotopic (exact) mass is 345 g/mol. The van der Waals surface area contributed by atoms with E-state index in [1.54, 1.807) is 19.2 Å². The molecule has 2 heterocycles. The van der Waals surface area contributed by atoms with Gasteiger partial charge in [0.1, 0.15) is 5.75 Å². The van der Waals surface area contributed by atoms with E-state index in [1.807, 2.05) is 12.1 Å². The zero-order chi connectivity index (χ0) is 17.8. The lowest BCUT2D eigenvalue weighted by Gasteiger charge is -2.31. The van der Waals surface area contributed by atoms with Gasteiger partial charge in [0, 0.05) is 12.2 Å². The fourth-order valence-corrected chi connectivity index (χ4v) is 3.30. The molecule has 2 aliphatic rings. The highest BCUT2D eigenvalue weighted by atomic mass is 16.5. The summed E-state index contributed by atoms with van der Waals surface area (Å²) in [7, 11) is 2.94. The number of methoxy groups -OCH3 is 2. The van der Waals surface area contributed by atoms with Gasteiger partial charge in [-0.25, -0.2) is 9.59 Å². The van der Waals surface area contributed by atoms with E-state index in [0.29, 0.717) is 23.6 Å². The molecule has 3 rings (SSSR count). The van der Waals surface area contributed by atoms with Crippen molar-refractivity contribution < 1.29 is 19.1 Å². The van der Waals surface area contributed by atoms with Crippen molar-refractivity contribution in [2.75, 3.05) is 33.9 Å². The Labute approximate surface area is 147 Å². The molecule has 25 heavy (non-hydrogen) atoms. The van der Waals surface area contributed by atoms with Crippen LogP contribution in [0.3, 0.4) is 0 Å². The molecular weight excluding hydrogens is 322 g/mol. The average molecular weight is 345 g/mol. The third-order valence-electron chi connectivity index (χ3n) is 4.59. The number of carbonyl (C=O) groups excluding carboxylic acids is 2. The Morgan fingerprint density at radius 3 is 2.48 bits per heavy atom. The first-order chi connectivity index (χ1) is 12.1. The number of amides is 2. The summed E-state index contributed by atoms with van der Waals surface area (Å²) in [5, 5.41) is 5.62. The van der Waals surface area contributed by atoms with Crippen LogP contribution in [-0.2, 0) is 9.53 Å². The molecule has 1 atom stereocenters. The molecule has 0 aliphatic carbocycles. The predicted octanol–water partition coefficient (Wildman–Crippen LogP) is 1.57. The van der Waals surface area contributed by atoms with Crippen LogP contribution in [-0.4, -0.2) is 50.8 Å². The van der Waals surface area contributed by atoms with Crippen molar-refractivity contribution in [1.82, 2.24) is 15.5 Å². The van der Waals surface area contributed by atoms with Crippen molar-refractivity contribution in [3.8, 4) is 5.75 Å². The number of esters is 1. The van der Waals surface area contributed by atoms with Gasteiger partial charge >= 0.3 is 12.0 Å².